The number of amides is 1. The molecule has 29 heavy (non-hydrogen) atoms. The number of piperidine rings is 1. The number of rotatable bonds is 6. The van der Waals surface area contributed by atoms with Crippen LogP contribution < -0.4 is 10.2 Å². The monoisotopic (exact) mass is 415 g/mol. The molecule has 0 bridgehead atoms. The number of hydrogen-bond acceptors (Lipinski definition) is 6. The van der Waals surface area contributed by atoms with E-state index in [-0.39, 0.29) is 11.8 Å². The van der Waals surface area contributed by atoms with E-state index in [9.17, 15) is 4.79 Å². The first-order valence-corrected chi connectivity index (χ1v) is 11.8. The van der Waals surface area contributed by atoms with Gasteiger partial charge < -0.3 is 15.1 Å². The molecular weight excluding hydrogens is 382 g/mol. The molecule has 2 aliphatic heterocycles. The van der Waals surface area contributed by atoms with Gasteiger partial charge >= 0.3 is 0 Å². The Balaban J connectivity index is 1.30. The molecule has 2 aliphatic rings. The summed E-state index contributed by atoms with van der Waals surface area (Å²) in [6.07, 6.45) is 6.09. The van der Waals surface area contributed by atoms with Crippen molar-refractivity contribution in [3.63, 3.8) is 0 Å². The van der Waals surface area contributed by atoms with E-state index in [1.165, 1.54) is 41.8 Å². The summed E-state index contributed by atoms with van der Waals surface area (Å²) in [6, 6.07) is 0. The van der Waals surface area contributed by atoms with E-state index in [4.69, 9.17) is 0 Å². The van der Waals surface area contributed by atoms with Crippen LogP contribution in [0, 0.1) is 25.7 Å². The fourth-order valence-electron chi connectivity index (χ4n) is 4.65. The van der Waals surface area contributed by atoms with Gasteiger partial charge in [0.25, 0.3) is 0 Å². The molecule has 1 unspecified atom stereocenters. The Bertz CT molecular complexity index is 852. The van der Waals surface area contributed by atoms with E-state index in [0.29, 0.717) is 5.92 Å². The lowest BCUT2D eigenvalue weighted by Gasteiger charge is -2.32. The van der Waals surface area contributed by atoms with Crippen molar-refractivity contribution >= 4 is 33.3 Å². The number of hydrogen-bond donors (Lipinski definition) is 1. The van der Waals surface area contributed by atoms with E-state index >= 15 is 0 Å². The maximum atomic E-state index is 12.7. The average molecular weight is 416 g/mol. The molecule has 0 radical (unpaired) electrons. The number of aryl methyl sites for hydroxylation is 2. The number of nitrogens with zero attached hydrogens (tertiary/aromatic N) is 4. The van der Waals surface area contributed by atoms with Crippen molar-refractivity contribution in [2.24, 2.45) is 11.8 Å². The van der Waals surface area contributed by atoms with Gasteiger partial charge in [0.15, 0.2) is 0 Å². The lowest BCUT2D eigenvalue weighted by atomic mass is 9.95. The second-order valence-electron chi connectivity index (χ2n) is 8.78. The van der Waals surface area contributed by atoms with Crippen LogP contribution in [0.4, 0.5) is 5.82 Å². The van der Waals surface area contributed by atoms with Gasteiger partial charge in [-0.3, -0.25) is 4.79 Å². The van der Waals surface area contributed by atoms with Gasteiger partial charge in [0, 0.05) is 37.0 Å². The first-order valence-electron chi connectivity index (χ1n) is 11.0. The van der Waals surface area contributed by atoms with Gasteiger partial charge in [-0.2, -0.15) is 0 Å². The zero-order valence-electron chi connectivity index (χ0n) is 17.9. The highest BCUT2D eigenvalue weighted by molar-refractivity contribution is 7.18. The summed E-state index contributed by atoms with van der Waals surface area (Å²) in [7, 11) is 0. The summed E-state index contributed by atoms with van der Waals surface area (Å²) >= 11 is 1.74. The highest BCUT2D eigenvalue weighted by Crippen LogP contribution is 2.35. The molecule has 2 fully saturated rings. The number of fused-ring (bicyclic) bond motifs is 1. The SMILES string of the molecule is Cc1sc2ncnc(N3CCC(C(=O)NCC(C)CN4CCCC4)CC3)c2c1C. The minimum atomic E-state index is 0.118. The highest BCUT2D eigenvalue weighted by Gasteiger charge is 2.27. The standard InChI is InChI=1S/C22H33N5OS/c1-15(13-26-8-4-5-9-26)12-23-21(28)18-6-10-27(11-7-18)20-19-16(2)17(3)29-22(19)25-14-24-20/h14-15,18H,4-13H2,1-3H3,(H,23,28). The highest BCUT2D eigenvalue weighted by atomic mass is 32.1. The van der Waals surface area contributed by atoms with Crippen molar-refractivity contribution in [2.75, 3.05) is 44.2 Å². The Morgan fingerprint density at radius 1 is 1.21 bits per heavy atom. The quantitative estimate of drug-likeness (QED) is 0.784. The van der Waals surface area contributed by atoms with E-state index in [1.807, 2.05) is 0 Å². The Kier molecular flexibility index (Phi) is 6.35. The molecular formula is C22H33N5OS. The maximum absolute atomic E-state index is 12.7. The second-order valence-corrected chi connectivity index (χ2v) is 9.98. The third-order valence-electron chi connectivity index (χ3n) is 6.50. The van der Waals surface area contributed by atoms with Gasteiger partial charge in [-0.25, -0.2) is 9.97 Å². The summed E-state index contributed by atoms with van der Waals surface area (Å²) in [5.74, 6) is 1.90. The number of carbonyl (C=O) groups is 1. The van der Waals surface area contributed by atoms with E-state index in [0.717, 1.165) is 49.7 Å². The molecule has 2 aromatic rings. The molecule has 0 aromatic carbocycles. The Morgan fingerprint density at radius 2 is 1.93 bits per heavy atom. The van der Waals surface area contributed by atoms with Gasteiger partial charge in [-0.15, -0.1) is 11.3 Å². The van der Waals surface area contributed by atoms with E-state index < -0.39 is 0 Å². The van der Waals surface area contributed by atoms with Gasteiger partial charge in [-0.1, -0.05) is 6.92 Å². The number of thiophene rings is 1. The van der Waals surface area contributed by atoms with Crippen LogP contribution in [0.1, 0.15) is 43.0 Å². The van der Waals surface area contributed by atoms with Crippen molar-refractivity contribution in [3.05, 3.63) is 16.8 Å². The summed E-state index contributed by atoms with van der Waals surface area (Å²) in [4.78, 5) is 29.0. The molecule has 158 valence electrons. The fourth-order valence-corrected chi connectivity index (χ4v) is 5.64. The molecule has 4 rings (SSSR count). The van der Waals surface area contributed by atoms with Crippen molar-refractivity contribution in [3.8, 4) is 0 Å². The zero-order chi connectivity index (χ0) is 20.4. The Hall–Kier alpha value is -1.73. The average Bonchev–Trinajstić information content (AvgIpc) is 3.34. The smallest absolute Gasteiger partial charge is 0.223 e. The summed E-state index contributed by atoms with van der Waals surface area (Å²) < 4.78 is 0. The normalized spacial score (nSPS) is 19.8. The topological polar surface area (TPSA) is 61.4 Å². The Morgan fingerprint density at radius 3 is 2.66 bits per heavy atom. The number of nitrogens with one attached hydrogen (secondary N) is 1. The van der Waals surface area contributed by atoms with Crippen LogP contribution in [0.3, 0.4) is 0 Å². The molecule has 0 aliphatic carbocycles. The molecule has 2 aromatic heterocycles. The van der Waals surface area contributed by atoms with Crippen LogP contribution in [0.15, 0.2) is 6.33 Å². The van der Waals surface area contributed by atoms with Crippen LogP contribution in [-0.2, 0) is 4.79 Å². The van der Waals surface area contributed by atoms with Gasteiger partial charge in [0.1, 0.15) is 17.0 Å². The maximum Gasteiger partial charge on any atom is 0.223 e. The van der Waals surface area contributed by atoms with Crippen LogP contribution in [0.5, 0.6) is 0 Å². The molecule has 0 spiro atoms. The molecule has 1 amide bonds. The molecule has 6 nitrogen and oxygen atoms in total. The summed E-state index contributed by atoms with van der Waals surface area (Å²) in [6.45, 7) is 12.6. The van der Waals surface area contributed by atoms with Crippen LogP contribution >= 0.6 is 11.3 Å². The molecule has 4 heterocycles. The largest absolute Gasteiger partial charge is 0.356 e. The van der Waals surface area contributed by atoms with Gasteiger partial charge in [0.2, 0.25) is 5.91 Å². The number of anilines is 1. The zero-order valence-corrected chi connectivity index (χ0v) is 18.7. The fraction of sp³-hybridized carbons (Fsp3) is 0.682. The van der Waals surface area contributed by atoms with Crippen molar-refractivity contribution in [1.29, 1.82) is 0 Å². The van der Waals surface area contributed by atoms with E-state index in [2.05, 4.69) is 45.9 Å². The van der Waals surface area contributed by atoms with Crippen LogP contribution in [-0.4, -0.2) is 60.0 Å². The molecule has 7 heteroatoms. The minimum Gasteiger partial charge on any atom is -0.356 e. The van der Waals surface area contributed by atoms with Crippen LogP contribution in [0.2, 0.25) is 0 Å². The van der Waals surface area contributed by atoms with E-state index in [1.54, 1.807) is 17.7 Å². The number of aromatic nitrogens is 2. The molecule has 1 N–H and O–H groups in total. The van der Waals surface area contributed by atoms with Crippen molar-refractivity contribution in [2.45, 2.75) is 46.5 Å². The lowest BCUT2D eigenvalue weighted by Crippen LogP contribution is -2.42. The third-order valence-corrected chi connectivity index (χ3v) is 7.62. The van der Waals surface area contributed by atoms with Crippen molar-refractivity contribution < 1.29 is 4.79 Å². The third kappa shape index (κ3) is 4.56. The number of likely N-dealkylation sites (tertiary alicyclic amines) is 1. The van der Waals surface area contributed by atoms with Crippen LogP contribution in [0.25, 0.3) is 10.2 Å². The van der Waals surface area contributed by atoms with Gasteiger partial charge in [0.05, 0.1) is 5.39 Å². The predicted molar refractivity (Wildman–Crippen MR) is 120 cm³/mol. The molecule has 1 atom stereocenters. The van der Waals surface area contributed by atoms with Crippen molar-refractivity contribution in [1.82, 2.24) is 20.2 Å². The minimum absolute atomic E-state index is 0.118. The molecule has 2 saturated heterocycles. The Labute approximate surface area is 177 Å². The first-order chi connectivity index (χ1) is 14.0. The lowest BCUT2D eigenvalue weighted by molar-refractivity contribution is -0.125. The number of carbonyl (C=O) groups excluding carboxylic acids is 1. The first kappa shape index (κ1) is 20.5. The molecule has 0 saturated carbocycles. The van der Waals surface area contributed by atoms with Gasteiger partial charge in [-0.05, 0) is 64.1 Å². The predicted octanol–water partition coefficient (Wildman–Crippen LogP) is 3.37. The second kappa shape index (κ2) is 8.96. The summed E-state index contributed by atoms with van der Waals surface area (Å²) in [5.41, 5.74) is 1.28. The summed E-state index contributed by atoms with van der Waals surface area (Å²) in [5, 5.41) is 4.40.